The maximum absolute atomic E-state index is 12.5. The first kappa shape index (κ1) is 25.3. The minimum atomic E-state index is -4.18. The number of carbonyl (C=O) groups is 1. The monoisotopic (exact) mass is 529 g/mol. The minimum absolute atomic E-state index is 0. The van der Waals surface area contributed by atoms with Crippen molar-refractivity contribution >= 4 is 35.8 Å². The number of hydrogen-bond acceptors (Lipinski definition) is 4. The van der Waals surface area contributed by atoms with Crippen molar-refractivity contribution in [2.45, 2.75) is 18.6 Å². The maximum atomic E-state index is 12.5. The van der Waals surface area contributed by atoms with E-state index < -0.39 is 12.7 Å². The van der Waals surface area contributed by atoms with Crippen molar-refractivity contribution in [1.82, 2.24) is 20.9 Å². The molecule has 3 N–H and O–H groups in total. The Morgan fingerprint density at radius 2 is 1.90 bits per heavy atom. The van der Waals surface area contributed by atoms with Gasteiger partial charge in [0.2, 0.25) is 0 Å². The number of carbonyl (C=O) groups excluding carboxylic acids is 1. The number of hydrogen-bond donors (Lipinski definition) is 3. The quantitative estimate of drug-likeness (QED) is 0.218. The Hall–Kier alpha value is -1.76. The summed E-state index contributed by atoms with van der Waals surface area (Å²) in [6, 6.07) is 6.68. The van der Waals surface area contributed by atoms with Crippen molar-refractivity contribution in [1.29, 1.82) is 0 Å². The molecular formula is C18H27F3IN5O2. The molecule has 7 nitrogen and oxygen atoms in total. The molecule has 1 atom stereocenters. The first-order chi connectivity index (χ1) is 13.3. The second-order valence-electron chi connectivity index (χ2n) is 6.46. The van der Waals surface area contributed by atoms with Gasteiger partial charge in [-0.2, -0.15) is 13.2 Å². The highest BCUT2D eigenvalue weighted by molar-refractivity contribution is 14.0. The summed E-state index contributed by atoms with van der Waals surface area (Å²) < 4.78 is 42.4. The summed E-state index contributed by atoms with van der Waals surface area (Å²) in [7, 11) is 3.15. The topological polar surface area (TPSA) is 78.0 Å². The standard InChI is InChI=1S/C18H26F3N5O2.HI/c1-22-17(25-14-7-10-26(11-14)12-18(19,20)21)24-9-8-23-16(27)13-3-5-15(28-2)6-4-13;/h3-6,14H,7-12H2,1-2H3,(H,23,27)(H2,22,24,25);1H. The number of nitrogens with zero attached hydrogens (tertiary/aromatic N) is 2. The number of methoxy groups -OCH3 is 1. The van der Waals surface area contributed by atoms with Crippen LogP contribution in [-0.2, 0) is 0 Å². The lowest BCUT2D eigenvalue weighted by molar-refractivity contribution is -0.143. The third-order valence-corrected chi connectivity index (χ3v) is 4.29. The highest BCUT2D eigenvalue weighted by Crippen LogP contribution is 2.19. The van der Waals surface area contributed by atoms with E-state index in [1.54, 1.807) is 38.4 Å². The largest absolute Gasteiger partial charge is 0.497 e. The summed E-state index contributed by atoms with van der Waals surface area (Å²) in [6.45, 7) is 0.617. The molecule has 0 bridgehead atoms. The predicted molar refractivity (Wildman–Crippen MR) is 116 cm³/mol. The Morgan fingerprint density at radius 3 is 2.48 bits per heavy atom. The van der Waals surface area contributed by atoms with Gasteiger partial charge in [0.05, 0.1) is 13.7 Å². The molecule has 1 unspecified atom stereocenters. The molecular weight excluding hydrogens is 502 g/mol. The third-order valence-electron chi connectivity index (χ3n) is 4.29. The number of guanidine groups is 1. The molecule has 1 aliphatic rings. The highest BCUT2D eigenvalue weighted by atomic mass is 127. The zero-order chi connectivity index (χ0) is 20.6. The van der Waals surface area contributed by atoms with Crippen molar-refractivity contribution in [2.24, 2.45) is 4.99 Å². The lowest BCUT2D eigenvalue weighted by Crippen LogP contribution is -2.47. The molecule has 11 heteroatoms. The molecule has 164 valence electrons. The van der Waals surface area contributed by atoms with Gasteiger partial charge in [0, 0.05) is 44.8 Å². The molecule has 1 heterocycles. The molecule has 0 spiro atoms. The van der Waals surface area contributed by atoms with Gasteiger partial charge >= 0.3 is 6.18 Å². The lowest BCUT2D eigenvalue weighted by atomic mass is 10.2. The fourth-order valence-electron chi connectivity index (χ4n) is 2.94. The fourth-order valence-corrected chi connectivity index (χ4v) is 2.94. The van der Waals surface area contributed by atoms with E-state index in [1.165, 1.54) is 4.90 Å². The van der Waals surface area contributed by atoms with E-state index in [-0.39, 0.29) is 35.9 Å². The Labute approximate surface area is 185 Å². The molecule has 1 amide bonds. The maximum Gasteiger partial charge on any atom is 0.401 e. The van der Waals surface area contributed by atoms with E-state index in [0.29, 0.717) is 49.9 Å². The van der Waals surface area contributed by atoms with E-state index >= 15 is 0 Å². The van der Waals surface area contributed by atoms with Crippen molar-refractivity contribution in [3.8, 4) is 5.75 Å². The van der Waals surface area contributed by atoms with Gasteiger partial charge in [-0.25, -0.2) is 0 Å². The van der Waals surface area contributed by atoms with Crippen LogP contribution in [0.5, 0.6) is 5.75 Å². The van der Waals surface area contributed by atoms with Crippen LogP contribution >= 0.6 is 24.0 Å². The molecule has 1 aromatic rings. The van der Waals surface area contributed by atoms with Crippen LogP contribution in [0.25, 0.3) is 0 Å². The van der Waals surface area contributed by atoms with Crippen LogP contribution in [0.3, 0.4) is 0 Å². The van der Waals surface area contributed by atoms with Crippen LogP contribution in [0.15, 0.2) is 29.3 Å². The number of likely N-dealkylation sites (tertiary alicyclic amines) is 1. The van der Waals surface area contributed by atoms with Gasteiger partial charge in [0.1, 0.15) is 5.75 Å². The number of benzene rings is 1. The Morgan fingerprint density at radius 1 is 1.24 bits per heavy atom. The van der Waals surface area contributed by atoms with Crippen LogP contribution in [0.1, 0.15) is 16.8 Å². The Kier molecular flexibility index (Phi) is 10.5. The summed E-state index contributed by atoms with van der Waals surface area (Å²) >= 11 is 0. The molecule has 0 aliphatic carbocycles. The third kappa shape index (κ3) is 9.07. The van der Waals surface area contributed by atoms with Crippen molar-refractivity contribution in [3.63, 3.8) is 0 Å². The smallest absolute Gasteiger partial charge is 0.401 e. The van der Waals surface area contributed by atoms with Crippen molar-refractivity contribution < 1.29 is 22.7 Å². The first-order valence-corrected chi connectivity index (χ1v) is 8.99. The summed E-state index contributed by atoms with van der Waals surface area (Å²) in [5.41, 5.74) is 0.527. The number of aliphatic imine (C=N–C) groups is 1. The van der Waals surface area contributed by atoms with Gasteiger partial charge in [-0.1, -0.05) is 0 Å². The van der Waals surface area contributed by atoms with Gasteiger partial charge in [-0.05, 0) is 30.7 Å². The van der Waals surface area contributed by atoms with Gasteiger partial charge in [0.25, 0.3) is 5.91 Å². The zero-order valence-corrected chi connectivity index (χ0v) is 18.7. The van der Waals surface area contributed by atoms with E-state index in [1.807, 2.05) is 0 Å². The second-order valence-corrected chi connectivity index (χ2v) is 6.46. The summed E-state index contributed by atoms with van der Waals surface area (Å²) in [5, 5.41) is 8.95. The molecule has 0 saturated carbocycles. The van der Waals surface area contributed by atoms with Crippen molar-refractivity contribution in [2.75, 3.05) is 46.9 Å². The lowest BCUT2D eigenvalue weighted by Gasteiger charge is -2.19. The van der Waals surface area contributed by atoms with Crippen LogP contribution in [-0.4, -0.2) is 75.9 Å². The molecule has 1 aromatic carbocycles. The van der Waals surface area contributed by atoms with Crippen LogP contribution < -0.4 is 20.7 Å². The molecule has 0 aromatic heterocycles. The Bertz CT molecular complexity index is 670. The number of rotatable bonds is 7. The molecule has 2 rings (SSSR count). The number of amides is 1. The molecule has 0 radical (unpaired) electrons. The summed E-state index contributed by atoms with van der Waals surface area (Å²) in [6.07, 6.45) is -3.57. The van der Waals surface area contributed by atoms with Crippen LogP contribution in [0, 0.1) is 0 Å². The summed E-state index contributed by atoms with van der Waals surface area (Å²) in [5.74, 6) is 0.970. The number of halogens is 4. The van der Waals surface area contributed by atoms with Crippen molar-refractivity contribution in [3.05, 3.63) is 29.8 Å². The zero-order valence-electron chi connectivity index (χ0n) is 16.4. The van der Waals surface area contributed by atoms with Gasteiger partial charge in [0.15, 0.2) is 5.96 Å². The van der Waals surface area contributed by atoms with Gasteiger partial charge < -0.3 is 20.7 Å². The van der Waals surface area contributed by atoms with E-state index in [4.69, 9.17) is 4.74 Å². The predicted octanol–water partition coefficient (Wildman–Crippen LogP) is 1.84. The van der Waals surface area contributed by atoms with E-state index in [9.17, 15) is 18.0 Å². The average Bonchev–Trinajstić information content (AvgIpc) is 3.09. The molecule has 1 saturated heterocycles. The SMILES string of the molecule is CN=C(NCCNC(=O)c1ccc(OC)cc1)NC1CCN(CC(F)(F)F)C1.I. The van der Waals surface area contributed by atoms with Gasteiger partial charge in [-0.15, -0.1) is 24.0 Å². The number of alkyl halides is 3. The number of nitrogens with one attached hydrogen (secondary N) is 3. The first-order valence-electron chi connectivity index (χ1n) is 8.99. The fraction of sp³-hybridized carbons (Fsp3) is 0.556. The number of ether oxygens (including phenoxy) is 1. The summed E-state index contributed by atoms with van der Waals surface area (Å²) in [4.78, 5) is 17.5. The van der Waals surface area contributed by atoms with Crippen LogP contribution in [0.4, 0.5) is 13.2 Å². The second kappa shape index (κ2) is 12.1. The molecule has 1 fully saturated rings. The average molecular weight is 529 g/mol. The Balaban J connectivity index is 0.00000420. The highest BCUT2D eigenvalue weighted by Gasteiger charge is 2.34. The normalized spacial score (nSPS) is 17.4. The van der Waals surface area contributed by atoms with Crippen LogP contribution in [0.2, 0.25) is 0 Å². The minimum Gasteiger partial charge on any atom is -0.497 e. The molecule has 29 heavy (non-hydrogen) atoms. The molecule has 1 aliphatic heterocycles. The van der Waals surface area contributed by atoms with E-state index in [2.05, 4.69) is 20.9 Å². The van der Waals surface area contributed by atoms with E-state index in [0.717, 1.165) is 0 Å². The van der Waals surface area contributed by atoms with Gasteiger partial charge in [-0.3, -0.25) is 14.7 Å².